The van der Waals surface area contributed by atoms with Crippen molar-refractivity contribution < 1.29 is 8.42 Å². The second kappa shape index (κ2) is 8.39. The third-order valence-corrected chi connectivity index (χ3v) is 4.92. The van der Waals surface area contributed by atoms with Gasteiger partial charge in [0.15, 0.2) is 0 Å². The van der Waals surface area contributed by atoms with Gasteiger partial charge in [-0.1, -0.05) is 44.4 Å². The molecule has 1 unspecified atom stereocenters. The van der Waals surface area contributed by atoms with Crippen molar-refractivity contribution in [3.05, 3.63) is 29.8 Å². The molecule has 0 heterocycles. The first-order valence-electron chi connectivity index (χ1n) is 7.26. The van der Waals surface area contributed by atoms with E-state index in [9.17, 15) is 8.42 Å². The van der Waals surface area contributed by atoms with Gasteiger partial charge in [-0.3, -0.25) is 0 Å². The van der Waals surface area contributed by atoms with Crippen LogP contribution < -0.4 is 10.0 Å². The largest absolute Gasteiger partial charge is 0.316 e. The molecule has 1 rings (SSSR count). The van der Waals surface area contributed by atoms with Crippen molar-refractivity contribution in [1.82, 2.24) is 10.0 Å². The first-order chi connectivity index (χ1) is 9.51. The van der Waals surface area contributed by atoms with Gasteiger partial charge < -0.3 is 5.32 Å². The van der Waals surface area contributed by atoms with Crippen LogP contribution in [0.5, 0.6) is 0 Å². The Balaban J connectivity index is 2.78. The zero-order valence-corrected chi connectivity index (χ0v) is 13.5. The monoisotopic (exact) mass is 298 g/mol. The van der Waals surface area contributed by atoms with Crippen LogP contribution in [0.2, 0.25) is 0 Å². The van der Waals surface area contributed by atoms with Crippen molar-refractivity contribution in [3.63, 3.8) is 0 Å². The van der Waals surface area contributed by atoms with Crippen LogP contribution in [0.3, 0.4) is 0 Å². The summed E-state index contributed by atoms with van der Waals surface area (Å²) >= 11 is 0. The molecule has 0 spiro atoms. The first-order valence-corrected chi connectivity index (χ1v) is 8.74. The Morgan fingerprint density at radius 1 is 1.20 bits per heavy atom. The Labute approximate surface area is 123 Å². The van der Waals surface area contributed by atoms with E-state index in [0.29, 0.717) is 11.4 Å². The van der Waals surface area contributed by atoms with Crippen molar-refractivity contribution in [2.75, 3.05) is 7.05 Å². The van der Waals surface area contributed by atoms with Crippen LogP contribution in [0.4, 0.5) is 0 Å². The molecule has 0 radical (unpaired) electrons. The molecule has 1 aromatic rings. The second-order valence-electron chi connectivity index (χ2n) is 5.16. The molecule has 0 amide bonds. The fraction of sp³-hybridized carbons (Fsp3) is 0.600. The minimum atomic E-state index is -3.44. The van der Waals surface area contributed by atoms with Gasteiger partial charge in [-0.2, -0.15) is 0 Å². The highest BCUT2D eigenvalue weighted by molar-refractivity contribution is 7.89. The van der Waals surface area contributed by atoms with Gasteiger partial charge in [-0.05, 0) is 32.0 Å². The topological polar surface area (TPSA) is 58.2 Å². The molecule has 0 saturated heterocycles. The standard InChI is InChI=1S/C15H26N2O2S/c1-4-5-6-9-13(2)17-20(18,19)15-11-8-7-10-14(15)12-16-3/h7-8,10-11,13,16-17H,4-6,9,12H2,1-3H3. The Bertz CT molecular complexity index is 500. The molecule has 1 atom stereocenters. The smallest absolute Gasteiger partial charge is 0.241 e. The van der Waals surface area contributed by atoms with Crippen molar-refractivity contribution in [2.45, 2.75) is 57.0 Å². The molecule has 0 saturated carbocycles. The maximum atomic E-state index is 12.4. The summed E-state index contributed by atoms with van der Waals surface area (Å²) in [6.07, 6.45) is 4.21. The van der Waals surface area contributed by atoms with Crippen LogP contribution >= 0.6 is 0 Å². The van der Waals surface area contributed by atoms with Crippen LogP contribution in [0, 0.1) is 0 Å². The lowest BCUT2D eigenvalue weighted by Crippen LogP contribution is -2.33. The second-order valence-corrected chi connectivity index (χ2v) is 6.84. The van der Waals surface area contributed by atoms with E-state index in [1.165, 1.54) is 0 Å². The Morgan fingerprint density at radius 3 is 2.55 bits per heavy atom. The molecule has 0 aliphatic rings. The van der Waals surface area contributed by atoms with Crippen molar-refractivity contribution >= 4 is 10.0 Å². The molecule has 0 bridgehead atoms. The Kier molecular flexibility index (Phi) is 7.19. The quantitative estimate of drug-likeness (QED) is 0.689. The highest BCUT2D eigenvalue weighted by atomic mass is 32.2. The zero-order valence-electron chi connectivity index (χ0n) is 12.6. The third-order valence-electron chi connectivity index (χ3n) is 3.23. The molecular formula is C15H26N2O2S. The number of hydrogen-bond donors (Lipinski definition) is 2. The summed E-state index contributed by atoms with van der Waals surface area (Å²) in [5.74, 6) is 0. The molecular weight excluding hydrogens is 272 g/mol. The SMILES string of the molecule is CCCCCC(C)NS(=O)(=O)c1ccccc1CNC. The van der Waals surface area contributed by atoms with Gasteiger partial charge in [0.2, 0.25) is 10.0 Å². The molecule has 0 aliphatic heterocycles. The third kappa shape index (κ3) is 5.23. The summed E-state index contributed by atoms with van der Waals surface area (Å²) in [5.41, 5.74) is 0.795. The predicted molar refractivity (Wildman–Crippen MR) is 83.1 cm³/mol. The van der Waals surface area contributed by atoms with E-state index < -0.39 is 10.0 Å². The average molecular weight is 298 g/mol. The van der Waals surface area contributed by atoms with Crippen LogP contribution in [0.15, 0.2) is 29.2 Å². The fourth-order valence-corrected chi connectivity index (χ4v) is 3.71. The maximum Gasteiger partial charge on any atom is 0.241 e. The Morgan fingerprint density at radius 2 is 1.90 bits per heavy atom. The number of rotatable bonds is 9. The normalized spacial score (nSPS) is 13.3. The van der Waals surface area contributed by atoms with E-state index in [4.69, 9.17) is 0 Å². The van der Waals surface area contributed by atoms with Crippen LogP contribution in [0.1, 0.15) is 45.1 Å². The molecule has 20 heavy (non-hydrogen) atoms. The zero-order chi connectivity index (χ0) is 15.0. The van der Waals surface area contributed by atoms with Gasteiger partial charge in [0.25, 0.3) is 0 Å². The summed E-state index contributed by atoms with van der Waals surface area (Å²) in [6.45, 7) is 4.61. The summed E-state index contributed by atoms with van der Waals surface area (Å²) in [5, 5.41) is 3.00. The van der Waals surface area contributed by atoms with Crippen molar-refractivity contribution in [3.8, 4) is 0 Å². The lowest BCUT2D eigenvalue weighted by atomic mass is 10.1. The number of hydrogen-bond acceptors (Lipinski definition) is 3. The van der Waals surface area contributed by atoms with Gasteiger partial charge in [-0.25, -0.2) is 13.1 Å². The van der Waals surface area contributed by atoms with E-state index in [1.54, 1.807) is 12.1 Å². The van der Waals surface area contributed by atoms with Crippen LogP contribution in [-0.2, 0) is 16.6 Å². The van der Waals surface area contributed by atoms with E-state index in [0.717, 1.165) is 31.2 Å². The molecule has 4 nitrogen and oxygen atoms in total. The molecule has 114 valence electrons. The van der Waals surface area contributed by atoms with Gasteiger partial charge >= 0.3 is 0 Å². The minimum Gasteiger partial charge on any atom is -0.316 e. The summed E-state index contributed by atoms with van der Waals surface area (Å²) < 4.78 is 27.6. The van der Waals surface area contributed by atoms with Gasteiger partial charge in [0.1, 0.15) is 0 Å². The van der Waals surface area contributed by atoms with Gasteiger partial charge in [-0.15, -0.1) is 0 Å². The number of unbranched alkanes of at least 4 members (excludes halogenated alkanes) is 2. The molecule has 0 aliphatic carbocycles. The predicted octanol–water partition coefficient (Wildman–Crippen LogP) is 2.65. The van der Waals surface area contributed by atoms with Crippen LogP contribution in [0.25, 0.3) is 0 Å². The first kappa shape index (κ1) is 17.1. The molecule has 1 aromatic carbocycles. The molecule has 0 fully saturated rings. The minimum absolute atomic E-state index is 0.0332. The van der Waals surface area contributed by atoms with Gasteiger partial charge in [0, 0.05) is 12.6 Å². The maximum absolute atomic E-state index is 12.4. The van der Waals surface area contributed by atoms with Crippen LogP contribution in [-0.4, -0.2) is 21.5 Å². The van der Waals surface area contributed by atoms with Crippen molar-refractivity contribution in [1.29, 1.82) is 0 Å². The molecule has 5 heteroatoms. The fourth-order valence-electron chi connectivity index (χ4n) is 2.19. The lowest BCUT2D eigenvalue weighted by Gasteiger charge is -2.16. The highest BCUT2D eigenvalue weighted by Gasteiger charge is 2.19. The number of benzene rings is 1. The molecule has 0 aromatic heterocycles. The van der Waals surface area contributed by atoms with Gasteiger partial charge in [0.05, 0.1) is 4.90 Å². The lowest BCUT2D eigenvalue weighted by molar-refractivity contribution is 0.526. The van der Waals surface area contributed by atoms with E-state index in [1.807, 2.05) is 26.1 Å². The van der Waals surface area contributed by atoms with E-state index in [2.05, 4.69) is 17.0 Å². The van der Waals surface area contributed by atoms with Crippen molar-refractivity contribution in [2.24, 2.45) is 0 Å². The number of sulfonamides is 1. The summed E-state index contributed by atoms with van der Waals surface area (Å²) in [7, 11) is -1.63. The van der Waals surface area contributed by atoms with E-state index >= 15 is 0 Å². The average Bonchev–Trinajstić information content (AvgIpc) is 2.39. The number of nitrogens with one attached hydrogen (secondary N) is 2. The Hall–Kier alpha value is -0.910. The highest BCUT2D eigenvalue weighted by Crippen LogP contribution is 2.16. The summed E-state index contributed by atoms with van der Waals surface area (Å²) in [4.78, 5) is 0.372. The molecule has 2 N–H and O–H groups in total. The van der Waals surface area contributed by atoms with E-state index in [-0.39, 0.29) is 6.04 Å². The summed E-state index contributed by atoms with van der Waals surface area (Å²) in [6, 6.07) is 7.08.